The van der Waals surface area contributed by atoms with Gasteiger partial charge in [-0.05, 0) is 24.6 Å². The van der Waals surface area contributed by atoms with Crippen LogP contribution in [0.4, 0.5) is 0 Å². The summed E-state index contributed by atoms with van der Waals surface area (Å²) in [4.78, 5) is 12.2. The van der Waals surface area contributed by atoms with E-state index in [1.54, 1.807) is 6.07 Å². The quantitative estimate of drug-likeness (QED) is 0.669. The highest BCUT2D eigenvalue weighted by Gasteiger charge is 2.11. The second-order valence-electron chi connectivity index (χ2n) is 3.76. The molecule has 0 unspecified atom stereocenters. The maximum absolute atomic E-state index is 12.2. The van der Waals surface area contributed by atoms with Crippen LogP contribution in [0.2, 0.25) is 0 Å². The van der Waals surface area contributed by atoms with Gasteiger partial charge in [-0.25, -0.2) is 0 Å². The second-order valence-corrected chi connectivity index (χ2v) is 3.76. The molecule has 2 heteroatoms. The first kappa shape index (κ1) is 9.16. The summed E-state index contributed by atoms with van der Waals surface area (Å²) in [5.74, 6) is 0.675. The Bertz CT molecular complexity index is 660. The lowest BCUT2D eigenvalue weighted by Gasteiger charge is -2.03. The van der Waals surface area contributed by atoms with Gasteiger partial charge in [-0.2, -0.15) is 0 Å². The Balaban J connectivity index is 2.44. The maximum atomic E-state index is 12.2. The third-order valence-electron chi connectivity index (χ3n) is 2.74. The number of allylic oxidation sites excluding steroid dienone is 3. The van der Waals surface area contributed by atoms with Crippen molar-refractivity contribution in [3.05, 3.63) is 64.0 Å². The van der Waals surface area contributed by atoms with Crippen LogP contribution in [0.3, 0.4) is 0 Å². The van der Waals surface area contributed by atoms with E-state index in [1.807, 2.05) is 42.5 Å². The van der Waals surface area contributed by atoms with E-state index in [9.17, 15) is 4.79 Å². The van der Waals surface area contributed by atoms with E-state index in [2.05, 4.69) is 0 Å². The summed E-state index contributed by atoms with van der Waals surface area (Å²) in [6.45, 7) is 0. The van der Waals surface area contributed by atoms with Gasteiger partial charge >= 0.3 is 0 Å². The summed E-state index contributed by atoms with van der Waals surface area (Å²) in [6.07, 6.45) is 8.26. The van der Waals surface area contributed by atoms with Gasteiger partial charge in [0.25, 0.3) is 0 Å². The highest BCUT2D eigenvalue weighted by Crippen LogP contribution is 2.18. The topological polar surface area (TPSA) is 30.2 Å². The molecule has 0 amide bonds. The van der Waals surface area contributed by atoms with E-state index in [4.69, 9.17) is 4.42 Å². The fourth-order valence-corrected chi connectivity index (χ4v) is 1.93. The van der Waals surface area contributed by atoms with Crippen molar-refractivity contribution < 1.29 is 4.42 Å². The van der Waals surface area contributed by atoms with Crippen LogP contribution in [0.15, 0.2) is 51.7 Å². The predicted octanol–water partition coefficient (Wildman–Crippen LogP) is 2.92. The Morgan fingerprint density at radius 2 is 2.00 bits per heavy atom. The highest BCUT2D eigenvalue weighted by atomic mass is 16.3. The monoisotopic (exact) mass is 210 g/mol. The standard InChI is InChI=1S/C14H10O2/c15-14-10-6-2-1-3-8-12(10)16-13-9-5-4-7-11(13)14/h1-5,7-9H,6H2. The number of para-hydroxylation sites is 1. The molecular formula is C14H10O2. The van der Waals surface area contributed by atoms with Gasteiger partial charge in [0.05, 0.1) is 5.39 Å². The number of hydrogen-bond acceptors (Lipinski definition) is 2. The van der Waals surface area contributed by atoms with Crippen molar-refractivity contribution in [1.82, 2.24) is 0 Å². The molecule has 3 rings (SSSR count). The summed E-state index contributed by atoms with van der Waals surface area (Å²) in [6, 6.07) is 7.35. The lowest BCUT2D eigenvalue weighted by Crippen LogP contribution is -2.10. The molecule has 1 aliphatic carbocycles. The Labute approximate surface area is 92.5 Å². The maximum Gasteiger partial charge on any atom is 0.196 e. The van der Waals surface area contributed by atoms with Crippen molar-refractivity contribution in [3.63, 3.8) is 0 Å². The molecule has 0 N–H and O–H groups in total. The minimum absolute atomic E-state index is 0.0769. The lowest BCUT2D eigenvalue weighted by atomic mass is 10.1. The number of rotatable bonds is 0. The molecular weight excluding hydrogens is 200 g/mol. The third-order valence-corrected chi connectivity index (χ3v) is 2.74. The largest absolute Gasteiger partial charge is 0.456 e. The van der Waals surface area contributed by atoms with E-state index in [1.165, 1.54) is 0 Å². The number of fused-ring (bicyclic) bond motifs is 2. The third kappa shape index (κ3) is 1.31. The van der Waals surface area contributed by atoms with Crippen molar-refractivity contribution >= 4 is 17.0 Å². The van der Waals surface area contributed by atoms with Crippen molar-refractivity contribution in [2.24, 2.45) is 0 Å². The fraction of sp³-hybridized carbons (Fsp3) is 0.0714. The molecule has 2 nitrogen and oxygen atoms in total. The average Bonchev–Trinajstić information content (AvgIpc) is 2.55. The van der Waals surface area contributed by atoms with Crippen molar-refractivity contribution in [1.29, 1.82) is 0 Å². The molecule has 1 aromatic heterocycles. The molecule has 2 aromatic rings. The molecule has 1 heterocycles. The molecule has 0 radical (unpaired) electrons. The lowest BCUT2D eigenvalue weighted by molar-refractivity contribution is 0.583. The second kappa shape index (κ2) is 3.49. The van der Waals surface area contributed by atoms with Crippen LogP contribution in [-0.4, -0.2) is 0 Å². The summed E-state index contributed by atoms with van der Waals surface area (Å²) >= 11 is 0. The van der Waals surface area contributed by atoms with Crippen molar-refractivity contribution in [3.8, 4) is 0 Å². The average molecular weight is 210 g/mol. The van der Waals surface area contributed by atoms with Crippen LogP contribution >= 0.6 is 0 Å². The van der Waals surface area contributed by atoms with E-state index in [0.29, 0.717) is 23.2 Å². The molecule has 0 saturated heterocycles. The van der Waals surface area contributed by atoms with Crippen molar-refractivity contribution in [2.75, 3.05) is 0 Å². The first-order chi connectivity index (χ1) is 7.86. The van der Waals surface area contributed by atoms with E-state index in [0.717, 1.165) is 5.56 Å². The summed E-state index contributed by atoms with van der Waals surface area (Å²) in [7, 11) is 0. The molecule has 0 saturated carbocycles. The van der Waals surface area contributed by atoms with Crippen LogP contribution in [0.1, 0.15) is 11.3 Å². The van der Waals surface area contributed by atoms with E-state index < -0.39 is 0 Å². The molecule has 0 bridgehead atoms. The summed E-state index contributed by atoms with van der Waals surface area (Å²) < 4.78 is 5.72. The number of hydrogen-bond donors (Lipinski definition) is 0. The van der Waals surface area contributed by atoms with Crippen LogP contribution < -0.4 is 5.43 Å². The number of benzene rings is 1. The van der Waals surface area contributed by atoms with Gasteiger partial charge in [-0.15, -0.1) is 0 Å². The summed E-state index contributed by atoms with van der Waals surface area (Å²) in [5.41, 5.74) is 1.47. The van der Waals surface area contributed by atoms with E-state index >= 15 is 0 Å². The highest BCUT2D eigenvalue weighted by molar-refractivity contribution is 5.78. The van der Waals surface area contributed by atoms with Crippen molar-refractivity contribution in [2.45, 2.75) is 6.42 Å². The van der Waals surface area contributed by atoms with Crippen LogP contribution in [0.25, 0.3) is 17.0 Å². The molecule has 0 aliphatic heterocycles. The molecule has 1 aliphatic rings. The Kier molecular flexibility index (Phi) is 2.00. The Hall–Kier alpha value is -2.09. The van der Waals surface area contributed by atoms with Gasteiger partial charge in [-0.3, -0.25) is 4.79 Å². The zero-order valence-electron chi connectivity index (χ0n) is 8.64. The molecule has 0 atom stereocenters. The van der Waals surface area contributed by atoms with Gasteiger partial charge in [0.15, 0.2) is 5.43 Å². The predicted molar refractivity (Wildman–Crippen MR) is 64.4 cm³/mol. The molecule has 0 spiro atoms. The smallest absolute Gasteiger partial charge is 0.196 e. The van der Waals surface area contributed by atoms with Gasteiger partial charge in [0, 0.05) is 5.56 Å². The first-order valence-corrected chi connectivity index (χ1v) is 5.24. The fourth-order valence-electron chi connectivity index (χ4n) is 1.93. The Morgan fingerprint density at radius 1 is 1.12 bits per heavy atom. The van der Waals surface area contributed by atoms with Gasteiger partial charge in [-0.1, -0.05) is 30.4 Å². The summed E-state index contributed by atoms with van der Waals surface area (Å²) in [5, 5.41) is 0.657. The zero-order chi connectivity index (χ0) is 11.0. The van der Waals surface area contributed by atoms with Crippen LogP contribution in [0.5, 0.6) is 0 Å². The van der Waals surface area contributed by atoms with Gasteiger partial charge in [0.2, 0.25) is 0 Å². The van der Waals surface area contributed by atoms with Crippen LogP contribution in [0, 0.1) is 0 Å². The SMILES string of the molecule is O=c1c2c(oc3ccccc13)C=CC=CC2. The molecule has 78 valence electrons. The minimum Gasteiger partial charge on any atom is -0.456 e. The minimum atomic E-state index is 0.0769. The van der Waals surface area contributed by atoms with E-state index in [-0.39, 0.29) is 5.43 Å². The molecule has 1 aromatic carbocycles. The van der Waals surface area contributed by atoms with Gasteiger partial charge in [0.1, 0.15) is 11.3 Å². The van der Waals surface area contributed by atoms with Crippen LogP contribution in [-0.2, 0) is 6.42 Å². The molecule has 0 fully saturated rings. The molecule has 16 heavy (non-hydrogen) atoms. The normalized spacial score (nSPS) is 13.8. The zero-order valence-corrected chi connectivity index (χ0v) is 8.64. The van der Waals surface area contributed by atoms with Gasteiger partial charge < -0.3 is 4.42 Å². The first-order valence-electron chi connectivity index (χ1n) is 5.24. The Morgan fingerprint density at radius 3 is 2.94 bits per heavy atom.